The van der Waals surface area contributed by atoms with Crippen molar-refractivity contribution in [2.75, 3.05) is 33.2 Å². The lowest BCUT2D eigenvalue weighted by molar-refractivity contribution is -0.121. The van der Waals surface area contributed by atoms with Crippen molar-refractivity contribution in [1.29, 1.82) is 0 Å². The van der Waals surface area contributed by atoms with E-state index in [0.29, 0.717) is 6.54 Å². The summed E-state index contributed by atoms with van der Waals surface area (Å²) in [6.45, 7) is 5.13. The molecule has 0 bridgehead atoms. The number of hydrogen-bond acceptors (Lipinski definition) is 4. The third-order valence-electron chi connectivity index (χ3n) is 5.28. The number of rotatable bonds is 8. The predicted octanol–water partition coefficient (Wildman–Crippen LogP) is 2.18. The average Bonchev–Trinajstić information content (AvgIpc) is 2.71. The first kappa shape index (κ1) is 21.5. The minimum absolute atomic E-state index is 0.187. The molecule has 29 heavy (non-hydrogen) atoms. The number of aryl methyl sites for hydroxylation is 1. The number of sulfonamides is 1. The molecule has 0 aromatic heterocycles. The fourth-order valence-corrected chi connectivity index (χ4v) is 4.64. The topological polar surface area (TPSA) is 69.7 Å². The number of nitrogens with zero attached hydrogens (tertiary/aromatic N) is 2. The molecule has 0 saturated heterocycles. The quantitative estimate of drug-likeness (QED) is 0.671. The fourth-order valence-electron chi connectivity index (χ4n) is 3.51. The van der Waals surface area contributed by atoms with Crippen LogP contribution in [0.2, 0.25) is 0 Å². The molecule has 1 aliphatic rings. The second kappa shape index (κ2) is 9.52. The highest BCUT2D eigenvalue weighted by molar-refractivity contribution is 7.89. The van der Waals surface area contributed by atoms with Crippen LogP contribution in [0.4, 0.5) is 0 Å². The third kappa shape index (κ3) is 5.65. The zero-order valence-corrected chi connectivity index (χ0v) is 17.9. The van der Waals surface area contributed by atoms with E-state index in [-0.39, 0.29) is 17.3 Å². The monoisotopic (exact) mass is 415 g/mol. The maximum absolute atomic E-state index is 12.6. The lowest BCUT2D eigenvalue weighted by Gasteiger charge is -2.28. The van der Waals surface area contributed by atoms with Gasteiger partial charge in [-0.25, -0.2) is 8.42 Å². The van der Waals surface area contributed by atoms with Gasteiger partial charge in [0.2, 0.25) is 15.9 Å². The summed E-state index contributed by atoms with van der Waals surface area (Å²) in [5, 5.41) is 2.83. The molecule has 0 unspecified atom stereocenters. The number of benzene rings is 2. The SMILES string of the molecule is Cc1ccc(S(=O)(=O)N(C)CC(=O)NCCCN2CCc3ccccc3C2)cc1. The van der Waals surface area contributed by atoms with Gasteiger partial charge in [-0.05, 0) is 43.0 Å². The average molecular weight is 416 g/mol. The molecule has 1 aliphatic heterocycles. The Bertz CT molecular complexity index is 942. The first-order valence-electron chi connectivity index (χ1n) is 9.95. The predicted molar refractivity (Wildman–Crippen MR) is 114 cm³/mol. The van der Waals surface area contributed by atoms with Gasteiger partial charge in [0.15, 0.2) is 0 Å². The lowest BCUT2D eigenvalue weighted by atomic mass is 10.00. The maximum Gasteiger partial charge on any atom is 0.243 e. The van der Waals surface area contributed by atoms with Gasteiger partial charge in [-0.3, -0.25) is 9.69 Å². The molecule has 1 heterocycles. The molecule has 1 amide bonds. The van der Waals surface area contributed by atoms with Crippen LogP contribution in [-0.4, -0.2) is 56.8 Å². The molecule has 7 heteroatoms. The Balaban J connectivity index is 1.40. The molecule has 2 aromatic rings. The number of carbonyl (C=O) groups excluding carboxylic acids is 1. The molecule has 0 spiro atoms. The summed E-state index contributed by atoms with van der Waals surface area (Å²) in [6.07, 6.45) is 1.90. The van der Waals surface area contributed by atoms with Gasteiger partial charge < -0.3 is 5.32 Å². The highest BCUT2D eigenvalue weighted by atomic mass is 32.2. The van der Waals surface area contributed by atoms with Gasteiger partial charge in [0.25, 0.3) is 0 Å². The Morgan fingerprint density at radius 3 is 2.52 bits per heavy atom. The molecule has 0 aliphatic carbocycles. The van der Waals surface area contributed by atoms with Gasteiger partial charge in [0.05, 0.1) is 11.4 Å². The number of fused-ring (bicyclic) bond motifs is 1. The van der Waals surface area contributed by atoms with E-state index in [1.54, 1.807) is 24.3 Å². The molecule has 156 valence electrons. The van der Waals surface area contributed by atoms with Crippen LogP contribution in [0.5, 0.6) is 0 Å². The number of amides is 1. The van der Waals surface area contributed by atoms with Crippen LogP contribution in [0.25, 0.3) is 0 Å². The van der Waals surface area contributed by atoms with Crippen LogP contribution in [0.1, 0.15) is 23.1 Å². The van der Waals surface area contributed by atoms with Crippen molar-refractivity contribution in [2.45, 2.75) is 31.2 Å². The maximum atomic E-state index is 12.6. The Labute approximate surface area is 173 Å². The Kier molecular flexibility index (Phi) is 7.05. The van der Waals surface area contributed by atoms with Crippen LogP contribution < -0.4 is 5.32 Å². The Hall–Kier alpha value is -2.22. The Morgan fingerprint density at radius 2 is 1.79 bits per heavy atom. The van der Waals surface area contributed by atoms with Gasteiger partial charge in [-0.2, -0.15) is 4.31 Å². The smallest absolute Gasteiger partial charge is 0.243 e. The van der Waals surface area contributed by atoms with Crippen LogP contribution in [-0.2, 0) is 27.8 Å². The summed E-state index contributed by atoms with van der Waals surface area (Å²) in [4.78, 5) is 14.8. The van der Waals surface area contributed by atoms with Crippen molar-refractivity contribution < 1.29 is 13.2 Å². The van der Waals surface area contributed by atoms with Gasteiger partial charge in [-0.1, -0.05) is 42.0 Å². The van der Waals surface area contributed by atoms with E-state index in [4.69, 9.17) is 0 Å². The molecule has 6 nitrogen and oxygen atoms in total. The standard InChI is InChI=1S/C22H29N3O3S/c1-18-8-10-21(11-9-18)29(27,28)24(2)17-22(26)23-13-5-14-25-15-12-19-6-3-4-7-20(19)16-25/h3-4,6-11H,5,12-17H2,1-2H3,(H,23,26). The van der Waals surface area contributed by atoms with E-state index in [9.17, 15) is 13.2 Å². The Morgan fingerprint density at radius 1 is 1.10 bits per heavy atom. The van der Waals surface area contributed by atoms with Gasteiger partial charge in [-0.15, -0.1) is 0 Å². The highest BCUT2D eigenvalue weighted by Gasteiger charge is 2.22. The summed E-state index contributed by atoms with van der Waals surface area (Å²) in [5.41, 5.74) is 3.79. The van der Waals surface area contributed by atoms with E-state index >= 15 is 0 Å². The van der Waals surface area contributed by atoms with Crippen LogP contribution in [0.3, 0.4) is 0 Å². The van der Waals surface area contributed by atoms with Gasteiger partial charge in [0, 0.05) is 33.2 Å². The minimum Gasteiger partial charge on any atom is -0.355 e. The van der Waals surface area contributed by atoms with E-state index < -0.39 is 10.0 Å². The minimum atomic E-state index is -3.66. The van der Waals surface area contributed by atoms with Crippen LogP contribution in [0.15, 0.2) is 53.4 Å². The molecule has 0 fully saturated rings. The summed E-state index contributed by atoms with van der Waals surface area (Å²) in [7, 11) is -2.23. The molecule has 3 rings (SSSR count). The van der Waals surface area contributed by atoms with Crippen molar-refractivity contribution in [1.82, 2.24) is 14.5 Å². The lowest BCUT2D eigenvalue weighted by Crippen LogP contribution is -2.39. The van der Waals surface area contributed by atoms with Crippen LogP contribution >= 0.6 is 0 Å². The normalized spacial score (nSPS) is 14.6. The summed E-state index contributed by atoms with van der Waals surface area (Å²) in [6, 6.07) is 15.1. The molecule has 0 saturated carbocycles. The van der Waals surface area contributed by atoms with Crippen molar-refractivity contribution >= 4 is 15.9 Å². The van der Waals surface area contributed by atoms with Crippen molar-refractivity contribution in [3.8, 4) is 0 Å². The highest BCUT2D eigenvalue weighted by Crippen LogP contribution is 2.18. The zero-order chi connectivity index (χ0) is 20.9. The molecule has 0 atom stereocenters. The van der Waals surface area contributed by atoms with E-state index in [2.05, 4.69) is 34.5 Å². The molecule has 0 radical (unpaired) electrons. The third-order valence-corrected chi connectivity index (χ3v) is 7.10. The van der Waals surface area contributed by atoms with E-state index in [1.807, 2.05) is 6.92 Å². The number of carbonyl (C=O) groups is 1. The van der Waals surface area contributed by atoms with Gasteiger partial charge in [0.1, 0.15) is 0 Å². The molecule has 1 N–H and O–H groups in total. The second-order valence-corrected chi connectivity index (χ2v) is 9.62. The van der Waals surface area contributed by atoms with Crippen LogP contribution in [0, 0.1) is 6.92 Å². The van der Waals surface area contributed by atoms with Gasteiger partial charge >= 0.3 is 0 Å². The van der Waals surface area contributed by atoms with Crippen molar-refractivity contribution in [3.05, 3.63) is 65.2 Å². The van der Waals surface area contributed by atoms with E-state index in [1.165, 1.54) is 18.2 Å². The van der Waals surface area contributed by atoms with Crippen molar-refractivity contribution in [2.24, 2.45) is 0 Å². The second-order valence-electron chi connectivity index (χ2n) is 7.57. The summed E-state index contributed by atoms with van der Waals surface area (Å²) < 4.78 is 26.2. The molecule has 2 aromatic carbocycles. The van der Waals surface area contributed by atoms with Crippen molar-refractivity contribution in [3.63, 3.8) is 0 Å². The largest absolute Gasteiger partial charge is 0.355 e. The molecular formula is C22H29N3O3S. The number of hydrogen-bond donors (Lipinski definition) is 1. The molecular weight excluding hydrogens is 386 g/mol. The fraction of sp³-hybridized carbons (Fsp3) is 0.409. The number of nitrogens with one attached hydrogen (secondary N) is 1. The zero-order valence-electron chi connectivity index (χ0n) is 17.1. The first-order valence-corrected chi connectivity index (χ1v) is 11.4. The first-order chi connectivity index (χ1) is 13.9. The summed E-state index contributed by atoms with van der Waals surface area (Å²) in [5.74, 6) is -0.285. The number of likely N-dealkylation sites (N-methyl/N-ethyl adjacent to an activating group) is 1. The van der Waals surface area contributed by atoms with E-state index in [0.717, 1.165) is 42.3 Å². The summed E-state index contributed by atoms with van der Waals surface area (Å²) >= 11 is 0.